The van der Waals surface area contributed by atoms with Crippen LogP contribution in [0.3, 0.4) is 0 Å². The number of nitrogens with one attached hydrogen (secondary N) is 1. The fraction of sp³-hybridized carbons (Fsp3) is 0.857. The molecule has 0 saturated carbocycles. The van der Waals surface area contributed by atoms with Crippen molar-refractivity contribution in [2.24, 2.45) is 0 Å². The van der Waals surface area contributed by atoms with Gasteiger partial charge in [-0.05, 0) is 13.3 Å². The lowest BCUT2D eigenvalue weighted by molar-refractivity contribution is -0.119. The number of epoxide rings is 1. The Morgan fingerprint density at radius 1 is 1.80 bits per heavy atom. The van der Waals surface area contributed by atoms with Crippen LogP contribution in [0.25, 0.3) is 0 Å². The van der Waals surface area contributed by atoms with Gasteiger partial charge in [-0.3, -0.25) is 4.79 Å². The molecule has 0 aromatic carbocycles. The van der Waals surface area contributed by atoms with Crippen molar-refractivity contribution < 1.29 is 9.53 Å². The summed E-state index contributed by atoms with van der Waals surface area (Å²) in [6, 6.07) is 0.278. The average Bonchev–Trinajstić information content (AvgIpc) is 2.45. The molecule has 0 bridgehead atoms. The fourth-order valence-electron chi connectivity index (χ4n) is 1.39. The van der Waals surface area contributed by atoms with E-state index < -0.39 is 0 Å². The molecule has 2 heterocycles. The zero-order chi connectivity index (χ0) is 7.19. The van der Waals surface area contributed by atoms with Crippen LogP contribution in [0.4, 0.5) is 0 Å². The van der Waals surface area contributed by atoms with Gasteiger partial charge in [0.25, 0.3) is 0 Å². The highest BCUT2D eigenvalue weighted by Crippen LogP contribution is 2.34. The van der Waals surface area contributed by atoms with E-state index in [0.717, 1.165) is 13.0 Å². The molecule has 0 aromatic heterocycles. The van der Waals surface area contributed by atoms with Crippen LogP contribution in [0.2, 0.25) is 0 Å². The number of amides is 1. The van der Waals surface area contributed by atoms with E-state index in [1.807, 2.05) is 6.92 Å². The first-order valence-electron chi connectivity index (χ1n) is 3.64. The lowest BCUT2D eigenvalue weighted by Gasteiger charge is -2.13. The minimum absolute atomic E-state index is 0.0217. The Labute approximate surface area is 59.7 Å². The zero-order valence-corrected chi connectivity index (χ0v) is 6.02. The zero-order valence-electron chi connectivity index (χ0n) is 6.02. The average molecular weight is 141 g/mol. The summed E-state index contributed by atoms with van der Waals surface area (Å²) in [5, 5.41) is 2.89. The molecule has 2 rings (SSSR count). The highest BCUT2D eigenvalue weighted by molar-refractivity contribution is 5.78. The van der Waals surface area contributed by atoms with Crippen molar-refractivity contribution in [1.29, 1.82) is 0 Å². The molecule has 0 unspecified atom stereocenters. The summed E-state index contributed by atoms with van der Waals surface area (Å²) < 4.78 is 5.21. The lowest BCUT2D eigenvalue weighted by atomic mass is 10.0. The van der Waals surface area contributed by atoms with Crippen molar-refractivity contribution in [1.82, 2.24) is 5.32 Å². The molecule has 56 valence electrons. The van der Waals surface area contributed by atoms with Crippen molar-refractivity contribution in [2.45, 2.75) is 31.4 Å². The van der Waals surface area contributed by atoms with E-state index in [-0.39, 0.29) is 17.6 Å². The van der Waals surface area contributed by atoms with E-state index in [2.05, 4.69) is 5.32 Å². The van der Waals surface area contributed by atoms with Gasteiger partial charge in [-0.15, -0.1) is 0 Å². The molecular weight excluding hydrogens is 130 g/mol. The van der Waals surface area contributed by atoms with Gasteiger partial charge in [0, 0.05) is 6.42 Å². The van der Waals surface area contributed by atoms with Crippen molar-refractivity contribution in [3.05, 3.63) is 0 Å². The standard InChI is InChI=1S/C7H11NO2/c1-7(4-10-7)5-2-3-6(9)8-5/h5H,2-4H2,1H3,(H,8,9)/t5-,7+/m1/s1. The molecular formula is C7H11NO2. The topological polar surface area (TPSA) is 41.6 Å². The molecule has 2 atom stereocenters. The van der Waals surface area contributed by atoms with E-state index in [1.54, 1.807) is 0 Å². The third kappa shape index (κ3) is 0.814. The normalized spacial score (nSPS) is 45.3. The predicted molar refractivity (Wildman–Crippen MR) is 35.5 cm³/mol. The molecule has 0 radical (unpaired) electrons. The van der Waals surface area contributed by atoms with Crippen molar-refractivity contribution >= 4 is 5.91 Å². The van der Waals surface area contributed by atoms with Gasteiger partial charge in [-0.25, -0.2) is 0 Å². The highest BCUT2D eigenvalue weighted by atomic mass is 16.6. The Hall–Kier alpha value is -0.570. The molecule has 2 fully saturated rings. The van der Waals surface area contributed by atoms with Crippen LogP contribution in [-0.4, -0.2) is 24.2 Å². The van der Waals surface area contributed by atoms with E-state index >= 15 is 0 Å². The number of ether oxygens (including phenoxy) is 1. The molecule has 3 nitrogen and oxygen atoms in total. The summed E-state index contributed by atoms with van der Waals surface area (Å²) in [6.07, 6.45) is 1.61. The van der Waals surface area contributed by atoms with Gasteiger partial charge in [0.1, 0.15) is 5.60 Å². The SMILES string of the molecule is C[C@@]1([C@H]2CCC(=O)N2)CO1. The van der Waals surface area contributed by atoms with Gasteiger partial charge in [0.05, 0.1) is 12.6 Å². The number of carbonyl (C=O) groups excluding carboxylic acids is 1. The second-order valence-electron chi connectivity index (χ2n) is 3.26. The second-order valence-corrected chi connectivity index (χ2v) is 3.26. The van der Waals surface area contributed by atoms with Gasteiger partial charge < -0.3 is 10.1 Å². The van der Waals surface area contributed by atoms with Crippen LogP contribution < -0.4 is 5.32 Å². The van der Waals surface area contributed by atoms with E-state index in [1.165, 1.54) is 0 Å². The Balaban J connectivity index is 2.01. The maximum absolute atomic E-state index is 10.8. The van der Waals surface area contributed by atoms with Gasteiger partial charge >= 0.3 is 0 Å². The largest absolute Gasteiger partial charge is 0.368 e. The minimum Gasteiger partial charge on any atom is -0.368 e. The summed E-state index contributed by atoms with van der Waals surface area (Å²) in [4.78, 5) is 10.8. The van der Waals surface area contributed by atoms with Gasteiger partial charge in [0.2, 0.25) is 5.91 Å². The van der Waals surface area contributed by atoms with Crippen LogP contribution in [-0.2, 0) is 9.53 Å². The maximum atomic E-state index is 10.8. The summed E-state index contributed by atoms with van der Waals surface area (Å²) in [5.41, 5.74) is -0.0217. The number of rotatable bonds is 1. The smallest absolute Gasteiger partial charge is 0.220 e. The Morgan fingerprint density at radius 2 is 2.50 bits per heavy atom. The quantitative estimate of drug-likeness (QED) is 0.524. The van der Waals surface area contributed by atoms with Crippen LogP contribution in [0.15, 0.2) is 0 Å². The van der Waals surface area contributed by atoms with Crippen LogP contribution in [0.5, 0.6) is 0 Å². The Kier molecular flexibility index (Phi) is 1.06. The van der Waals surface area contributed by atoms with Gasteiger partial charge in [-0.2, -0.15) is 0 Å². The van der Waals surface area contributed by atoms with E-state index in [4.69, 9.17) is 4.74 Å². The second kappa shape index (κ2) is 1.72. The molecule has 1 amide bonds. The molecule has 0 aliphatic carbocycles. The monoisotopic (exact) mass is 141 g/mol. The first-order chi connectivity index (χ1) is 4.71. The first kappa shape index (κ1) is 6.16. The van der Waals surface area contributed by atoms with Crippen LogP contribution in [0.1, 0.15) is 19.8 Å². The number of hydrogen-bond donors (Lipinski definition) is 1. The third-order valence-corrected chi connectivity index (χ3v) is 2.33. The first-order valence-corrected chi connectivity index (χ1v) is 3.64. The molecule has 0 spiro atoms. The summed E-state index contributed by atoms with van der Waals surface area (Å²) in [6.45, 7) is 2.85. The molecule has 3 heteroatoms. The highest BCUT2D eigenvalue weighted by Gasteiger charge is 2.49. The molecule has 10 heavy (non-hydrogen) atoms. The van der Waals surface area contributed by atoms with Gasteiger partial charge in [-0.1, -0.05) is 0 Å². The molecule has 2 aliphatic heterocycles. The number of carbonyl (C=O) groups is 1. The predicted octanol–water partition coefficient (Wildman–Crippen LogP) is 0.0539. The summed E-state index contributed by atoms with van der Waals surface area (Å²) in [5.74, 6) is 0.168. The minimum atomic E-state index is -0.0217. The van der Waals surface area contributed by atoms with E-state index in [0.29, 0.717) is 6.42 Å². The molecule has 1 N–H and O–H groups in total. The van der Waals surface area contributed by atoms with E-state index in [9.17, 15) is 4.79 Å². The Morgan fingerprint density at radius 3 is 2.90 bits per heavy atom. The molecule has 0 aromatic rings. The summed E-state index contributed by atoms with van der Waals surface area (Å²) >= 11 is 0. The lowest BCUT2D eigenvalue weighted by Crippen LogP contribution is -2.37. The maximum Gasteiger partial charge on any atom is 0.220 e. The van der Waals surface area contributed by atoms with Crippen molar-refractivity contribution in [3.63, 3.8) is 0 Å². The van der Waals surface area contributed by atoms with Crippen molar-refractivity contribution in [2.75, 3.05) is 6.61 Å². The molecule has 2 saturated heterocycles. The number of hydrogen-bond acceptors (Lipinski definition) is 2. The summed E-state index contributed by atoms with van der Waals surface area (Å²) in [7, 11) is 0. The van der Waals surface area contributed by atoms with Crippen LogP contribution >= 0.6 is 0 Å². The fourth-order valence-corrected chi connectivity index (χ4v) is 1.39. The third-order valence-electron chi connectivity index (χ3n) is 2.33. The van der Waals surface area contributed by atoms with Crippen molar-refractivity contribution in [3.8, 4) is 0 Å². The van der Waals surface area contributed by atoms with Gasteiger partial charge in [0.15, 0.2) is 0 Å². The molecule has 2 aliphatic rings. The van der Waals surface area contributed by atoms with Crippen LogP contribution in [0, 0.1) is 0 Å². The Bertz CT molecular complexity index is 174.